The number of nitrogen functional groups attached to an aromatic ring is 2. The van der Waals surface area contributed by atoms with Gasteiger partial charge in [0.05, 0.1) is 0 Å². The van der Waals surface area contributed by atoms with Crippen molar-refractivity contribution in [2.75, 3.05) is 11.5 Å². The zero-order valence-electron chi connectivity index (χ0n) is 7.96. The van der Waals surface area contributed by atoms with Crippen LogP contribution in [0.2, 0.25) is 0 Å². The molecular formula is C6H10IKN2O4S. The van der Waals surface area contributed by atoms with Crippen molar-refractivity contribution in [2.24, 2.45) is 0 Å². The van der Waals surface area contributed by atoms with Gasteiger partial charge in [0.25, 0.3) is 0 Å². The average molecular weight is 372 g/mol. The van der Waals surface area contributed by atoms with Gasteiger partial charge in [-0.25, -0.2) is 0 Å². The fourth-order valence-electron chi connectivity index (χ4n) is 0.496. The second kappa shape index (κ2) is 10.2. The maximum atomic E-state index is 8.74. The first kappa shape index (κ1) is 21.4. The topological polar surface area (TPSA) is 127 Å². The van der Waals surface area contributed by atoms with Gasteiger partial charge in [0.2, 0.25) is 0 Å². The Morgan fingerprint density at radius 3 is 1.20 bits per heavy atom. The molecule has 0 spiro atoms. The quantitative estimate of drug-likeness (QED) is 0.156. The van der Waals surface area contributed by atoms with Crippen LogP contribution in [0.25, 0.3) is 0 Å². The van der Waals surface area contributed by atoms with Crippen molar-refractivity contribution in [2.45, 2.75) is 0 Å². The second-order valence-electron chi connectivity index (χ2n) is 2.11. The minimum Gasteiger partial charge on any atom is -1.00 e. The molecule has 0 bridgehead atoms. The molecule has 0 aliphatic rings. The summed E-state index contributed by atoms with van der Waals surface area (Å²) in [6, 6.07) is 7.09. The van der Waals surface area contributed by atoms with E-state index < -0.39 is 10.4 Å². The van der Waals surface area contributed by atoms with E-state index in [1.54, 1.807) is 24.3 Å². The van der Waals surface area contributed by atoms with Gasteiger partial charge in [0.1, 0.15) is 0 Å². The van der Waals surface area contributed by atoms with Crippen LogP contribution >= 0.6 is 0 Å². The van der Waals surface area contributed by atoms with Gasteiger partial charge in [-0.1, -0.05) is 0 Å². The predicted octanol–water partition coefficient (Wildman–Crippen LogP) is -5.79. The molecule has 0 fully saturated rings. The Balaban J connectivity index is -0.000000185. The molecule has 1 aromatic rings. The van der Waals surface area contributed by atoms with Crippen molar-refractivity contribution in [3.05, 3.63) is 24.3 Å². The molecule has 0 aliphatic heterocycles. The third kappa shape index (κ3) is 21.0. The van der Waals surface area contributed by atoms with E-state index in [4.69, 9.17) is 29.0 Å². The summed E-state index contributed by atoms with van der Waals surface area (Å²) in [7, 11) is -4.67. The molecule has 0 aliphatic carbocycles. The summed E-state index contributed by atoms with van der Waals surface area (Å²) in [4.78, 5) is 0. The molecule has 6 nitrogen and oxygen atoms in total. The van der Waals surface area contributed by atoms with Crippen molar-refractivity contribution in [1.82, 2.24) is 0 Å². The number of nitrogens with two attached hydrogens (primary N) is 2. The zero-order chi connectivity index (χ0) is 10.5. The molecule has 9 heteroatoms. The Morgan fingerprint density at radius 2 is 1.07 bits per heavy atom. The van der Waals surface area contributed by atoms with Crippen LogP contribution in [0, 0.1) is 0 Å². The standard InChI is InChI=1S/C6H8N2.HI.K.H2O4S/c7-5-1-2-6(8)4-3-5;;;1-5(2,3)4/h1-4H,7-8H2;1H;;(H2,1,2,3,4)/q;;+1;/p-1. The molecule has 0 aromatic heterocycles. The van der Waals surface area contributed by atoms with Crippen molar-refractivity contribution in [3.63, 3.8) is 0 Å². The maximum absolute atomic E-state index is 8.74. The first-order valence-electron chi connectivity index (χ1n) is 3.10. The molecule has 0 unspecified atom stereocenters. The Hall–Kier alpha value is 1.06. The number of hydrogen-bond acceptors (Lipinski definition) is 4. The number of halogens is 1. The molecule has 0 saturated carbocycles. The van der Waals surface area contributed by atoms with Crippen LogP contribution in [0.15, 0.2) is 24.3 Å². The SMILES string of the molecule is Nc1ccc(N)cc1.O=S(=O)(O)O.[I-].[K+]. The van der Waals surface area contributed by atoms with Crippen molar-refractivity contribution < 1.29 is 92.9 Å². The Bertz CT molecular complexity index is 327. The van der Waals surface area contributed by atoms with Gasteiger partial charge in [-0.3, -0.25) is 9.11 Å². The van der Waals surface area contributed by atoms with E-state index in [2.05, 4.69) is 0 Å². The predicted molar refractivity (Wildman–Crippen MR) is 49.4 cm³/mol. The molecule has 1 rings (SSSR count). The fourth-order valence-corrected chi connectivity index (χ4v) is 0.496. The van der Waals surface area contributed by atoms with Gasteiger partial charge < -0.3 is 35.4 Å². The molecule has 0 radical (unpaired) electrons. The number of hydrogen-bond donors (Lipinski definition) is 4. The van der Waals surface area contributed by atoms with Crippen molar-refractivity contribution in [3.8, 4) is 0 Å². The van der Waals surface area contributed by atoms with E-state index in [0.717, 1.165) is 11.4 Å². The van der Waals surface area contributed by atoms with Crippen LogP contribution in [-0.4, -0.2) is 17.5 Å². The van der Waals surface area contributed by atoms with E-state index in [0.29, 0.717) is 0 Å². The van der Waals surface area contributed by atoms with E-state index in [-0.39, 0.29) is 75.4 Å². The average Bonchev–Trinajstić information content (AvgIpc) is 1.92. The molecule has 0 amide bonds. The molecule has 82 valence electrons. The third-order valence-electron chi connectivity index (χ3n) is 0.936. The summed E-state index contributed by atoms with van der Waals surface area (Å²) < 4.78 is 31.6. The van der Waals surface area contributed by atoms with Crippen LogP contribution in [0.5, 0.6) is 0 Å². The minimum absolute atomic E-state index is 0. The monoisotopic (exact) mass is 372 g/mol. The van der Waals surface area contributed by atoms with Gasteiger partial charge in [-0.15, -0.1) is 0 Å². The van der Waals surface area contributed by atoms with Gasteiger partial charge in [-0.05, 0) is 24.3 Å². The van der Waals surface area contributed by atoms with E-state index in [1.165, 1.54) is 0 Å². The summed E-state index contributed by atoms with van der Waals surface area (Å²) in [6.45, 7) is 0. The molecule has 0 heterocycles. The zero-order valence-corrected chi connectivity index (χ0v) is 14.1. The number of benzene rings is 1. The van der Waals surface area contributed by atoms with E-state index >= 15 is 0 Å². The third-order valence-corrected chi connectivity index (χ3v) is 0.936. The molecule has 15 heavy (non-hydrogen) atoms. The molecule has 6 N–H and O–H groups in total. The summed E-state index contributed by atoms with van der Waals surface area (Å²) in [5.41, 5.74) is 12.2. The number of rotatable bonds is 0. The summed E-state index contributed by atoms with van der Waals surface area (Å²) in [5.74, 6) is 0. The summed E-state index contributed by atoms with van der Waals surface area (Å²) in [6.07, 6.45) is 0. The first-order valence-corrected chi connectivity index (χ1v) is 4.49. The van der Waals surface area contributed by atoms with Gasteiger partial charge in [0, 0.05) is 11.4 Å². The molecule has 0 atom stereocenters. The summed E-state index contributed by atoms with van der Waals surface area (Å²) >= 11 is 0. The van der Waals surface area contributed by atoms with E-state index in [1.807, 2.05) is 0 Å². The Morgan fingerprint density at radius 1 is 0.933 bits per heavy atom. The van der Waals surface area contributed by atoms with Crippen LogP contribution in [0.4, 0.5) is 11.4 Å². The Labute approximate surface area is 148 Å². The normalized spacial score (nSPS) is 8.67. The minimum atomic E-state index is -4.67. The smallest absolute Gasteiger partial charge is 1.00 e. The van der Waals surface area contributed by atoms with Crippen LogP contribution in [0.3, 0.4) is 0 Å². The largest absolute Gasteiger partial charge is 1.00 e. The maximum Gasteiger partial charge on any atom is 1.00 e. The Kier molecular flexibility index (Phi) is 14.6. The van der Waals surface area contributed by atoms with Gasteiger partial charge in [0.15, 0.2) is 0 Å². The molecule has 1 aromatic carbocycles. The fraction of sp³-hybridized carbons (Fsp3) is 0. The van der Waals surface area contributed by atoms with Crippen LogP contribution in [-0.2, 0) is 10.4 Å². The van der Waals surface area contributed by atoms with Gasteiger partial charge >= 0.3 is 61.8 Å². The van der Waals surface area contributed by atoms with Crippen molar-refractivity contribution >= 4 is 21.8 Å². The summed E-state index contributed by atoms with van der Waals surface area (Å²) in [5, 5.41) is 0. The van der Waals surface area contributed by atoms with Crippen molar-refractivity contribution in [1.29, 1.82) is 0 Å². The first-order chi connectivity index (χ1) is 5.79. The van der Waals surface area contributed by atoms with Crippen LogP contribution in [0.1, 0.15) is 0 Å². The van der Waals surface area contributed by atoms with Gasteiger partial charge in [-0.2, -0.15) is 8.42 Å². The number of anilines is 2. The van der Waals surface area contributed by atoms with Crippen LogP contribution < -0.4 is 86.8 Å². The molecular weight excluding hydrogens is 362 g/mol. The van der Waals surface area contributed by atoms with E-state index in [9.17, 15) is 0 Å². The molecule has 0 saturated heterocycles. The second-order valence-corrected chi connectivity index (χ2v) is 3.01.